The van der Waals surface area contributed by atoms with Crippen LogP contribution in [0.15, 0.2) is 30.7 Å². The van der Waals surface area contributed by atoms with Gasteiger partial charge in [-0.2, -0.15) is 4.98 Å². The van der Waals surface area contributed by atoms with Gasteiger partial charge in [0, 0.05) is 31.1 Å². The van der Waals surface area contributed by atoms with Crippen molar-refractivity contribution < 1.29 is 14.3 Å². The number of nitrogens with two attached hydrogens (primary N) is 1. The number of pyridine rings is 1. The third kappa shape index (κ3) is 3.34. The minimum Gasteiger partial charge on any atom is -0.494 e. The molecule has 3 aromatic heterocycles. The van der Waals surface area contributed by atoms with Gasteiger partial charge < -0.3 is 25.8 Å². The van der Waals surface area contributed by atoms with E-state index >= 15 is 0 Å². The van der Waals surface area contributed by atoms with E-state index in [9.17, 15) is 4.79 Å². The number of aromatic nitrogens is 4. The summed E-state index contributed by atoms with van der Waals surface area (Å²) in [4.78, 5) is 21.2. The molecule has 1 fully saturated rings. The Balaban J connectivity index is 1.65. The molecule has 10 heteroatoms. The standard InChI is InChI=1S/C17H19N7O3/c1-26-12-3-6-20-9-11(12)21-17(25)14-15(18)23-24-7-4-13(22-16(14)24)27-10-2-5-19-8-10/h3-4,6-7,9-10,19H,2,5,8H2,1H3,(H2,18,23)(H,21,25). The largest absolute Gasteiger partial charge is 0.494 e. The first-order valence-electron chi connectivity index (χ1n) is 8.47. The highest BCUT2D eigenvalue weighted by atomic mass is 16.5. The highest BCUT2D eigenvalue weighted by molar-refractivity contribution is 6.12. The molecule has 4 N–H and O–H groups in total. The fourth-order valence-corrected chi connectivity index (χ4v) is 2.95. The number of fused-ring (bicyclic) bond motifs is 1. The van der Waals surface area contributed by atoms with Gasteiger partial charge in [-0.25, -0.2) is 4.52 Å². The van der Waals surface area contributed by atoms with Gasteiger partial charge in [0.25, 0.3) is 5.91 Å². The van der Waals surface area contributed by atoms with Crippen LogP contribution in [0.25, 0.3) is 5.65 Å². The first kappa shape index (κ1) is 17.0. The minimum absolute atomic E-state index is 0.0529. The van der Waals surface area contributed by atoms with Gasteiger partial charge in [-0.3, -0.25) is 9.78 Å². The number of ether oxygens (including phenoxy) is 2. The number of nitrogens with zero attached hydrogens (tertiary/aromatic N) is 4. The van der Waals surface area contributed by atoms with E-state index in [1.807, 2.05) is 0 Å². The molecule has 1 saturated heterocycles. The van der Waals surface area contributed by atoms with E-state index < -0.39 is 5.91 Å². The molecule has 0 aliphatic carbocycles. The third-order valence-corrected chi connectivity index (χ3v) is 4.27. The van der Waals surface area contributed by atoms with Gasteiger partial charge >= 0.3 is 0 Å². The Morgan fingerprint density at radius 3 is 3.11 bits per heavy atom. The van der Waals surface area contributed by atoms with Crippen molar-refractivity contribution in [3.05, 3.63) is 36.3 Å². The van der Waals surface area contributed by atoms with E-state index in [2.05, 4.69) is 25.7 Å². The number of hydrogen-bond acceptors (Lipinski definition) is 8. The minimum atomic E-state index is -0.457. The van der Waals surface area contributed by atoms with Gasteiger partial charge in [0.05, 0.1) is 13.3 Å². The molecule has 4 rings (SSSR count). The normalized spacial score (nSPS) is 16.4. The fourth-order valence-electron chi connectivity index (χ4n) is 2.95. The number of amides is 1. The van der Waals surface area contributed by atoms with Crippen molar-refractivity contribution in [1.29, 1.82) is 0 Å². The number of nitrogens with one attached hydrogen (secondary N) is 2. The second kappa shape index (κ2) is 7.08. The molecular weight excluding hydrogens is 350 g/mol. The molecule has 0 radical (unpaired) electrons. The first-order valence-corrected chi connectivity index (χ1v) is 8.47. The molecule has 0 bridgehead atoms. The zero-order valence-electron chi connectivity index (χ0n) is 14.7. The summed E-state index contributed by atoms with van der Waals surface area (Å²) < 4.78 is 12.5. The molecule has 3 aromatic rings. The van der Waals surface area contributed by atoms with Crippen molar-refractivity contribution >= 4 is 23.1 Å². The Morgan fingerprint density at radius 2 is 2.33 bits per heavy atom. The monoisotopic (exact) mass is 369 g/mol. The lowest BCUT2D eigenvalue weighted by atomic mass is 10.2. The van der Waals surface area contributed by atoms with E-state index in [1.165, 1.54) is 17.8 Å². The van der Waals surface area contributed by atoms with Crippen molar-refractivity contribution in [2.75, 3.05) is 31.2 Å². The maximum absolute atomic E-state index is 12.8. The molecule has 10 nitrogen and oxygen atoms in total. The van der Waals surface area contributed by atoms with E-state index in [0.717, 1.165) is 19.5 Å². The summed E-state index contributed by atoms with van der Waals surface area (Å²) in [5.41, 5.74) is 6.86. The Kier molecular flexibility index (Phi) is 4.47. The van der Waals surface area contributed by atoms with Crippen molar-refractivity contribution in [3.8, 4) is 11.6 Å². The molecule has 1 unspecified atom stereocenters. The van der Waals surface area contributed by atoms with Gasteiger partial charge in [0.1, 0.15) is 23.1 Å². The molecule has 1 atom stereocenters. The highest BCUT2D eigenvalue weighted by Gasteiger charge is 2.22. The predicted octanol–water partition coefficient (Wildman–Crippen LogP) is 0.708. The zero-order valence-corrected chi connectivity index (χ0v) is 14.7. The zero-order chi connectivity index (χ0) is 18.8. The van der Waals surface area contributed by atoms with Crippen LogP contribution in [0.2, 0.25) is 0 Å². The van der Waals surface area contributed by atoms with Gasteiger partial charge in [-0.1, -0.05) is 0 Å². The predicted molar refractivity (Wildman–Crippen MR) is 98.0 cm³/mol. The number of carbonyl (C=O) groups excluding carboxylic acids is 1. The van der Waals surface area contributed by atoms with Crippen LogP contribution in [0.1, 0.15) is 16.8 Å². The topological polar surface area (TPSA) is 129 Å². The van der Waals surface area contributed by atoms with Crippen LogP contribution in [0, 0.1) is 0 Å². The molecule has 0 aromatic carbocycles. The van der Waals surface area contributed by atoms with Crippen molar-refractivity contribution in [2.45, 2.75) is 12.5 Å². The maximum atomic E-state index is 12.8. The van der Waals surface area contributed by atoms with Crippen LogP contribution >= 0.6 is 0 Å². The van der Waals surface area contributed by atoms with Crippen LogP contribution in [0.3, 0.4) is 0 Å². The smallest absolute Gasteiger partial charge is 0.263 e. The average molecular weight is 369 g/mol. The molecule has 1 aliphatic heterocycles. The van der Waals surface area contributed by atoms with Crippen LogP contribution < -0.4 is 25.8 Å². The molecule has 1 amide bonds. The molecular formula is C17H19N7O3. The summed E-state index contributed by atoms with van der Waals surface area (Å²) in [6.45, 7) is 1.68. The van der Waals surface area contributed by atoms with Gasteiger partial charge in [-0.15, -0.1) is 5.10 Å². The lowest BCUT2D eigenvalue weighted by Gasteiger charge is -2.11. The first-order chi connectivity index (χ1) is 13.2. The lowest BCUT2D eigenvalue weighted by molar-refractivity contribution is 0.102. The molecule has 140 valence electrons. The van der Waals surface area contributed by atoms with Crippen molar-refractivity contribution in [1.82, 2.24) is 24.9 Å². The van der Waals surface area contributed by atoms with Crippen molar-refractivity contribution in [3.63, 3.8) is 0 Å². The van der Waals surface area contributed by atoms with Gasteiger partial charge in [0.15, 0.2) is 11.5 Å². The van der Waals surface area contributed by atoms with E-state index in [1.54, 1.807) is 24.5 Å². The van der Waals surface area contributed by atoms with Crippen LogP contribution in [-0.4, -0.2) is 51.8 Å². The fraction of sp³-hybridized carbons (Fsp3) is 0.294. The summed E-state index contributed by atoms with van der Waals surface area (Å²) >= 11 is 0. The van der Waals surface area contributed by atoms with Crippen molar-refractivity contribution in [2.24, 2.45) is 0 Å². The summed E-state index contributed by atoms with van der Waals surface area (Å²) in [7, 11) is 1.51. The quantitative estimate of drug-likeness (QED) is 0.600. The Hall–Kier alpha value is -3.40. The second-order valence-electron chi connectivity index (χ2n) is 6.06. The highest BCUT2D eigenvalue weighted by Crippen LogP contribution is 2.25. The van der Waals surface area contributed by atoms with E-state index in [4.69, 9.17) is 15.2 Å². The lowest BCUT2D eigenvalue weighted by Crippen LogP contribution is -2.20. The number of anilines is 2. The summed E-state index contributed by atoms with van der Waals surface area (Å²) in [5, 5.41) is 10.1. The number of nitrogen functional groups attached to an aromatic ring is 1. The molecule has 27 heavy (non-hydrogen) atoms. The molecule has 4 heterocycles. The van der Waals surface area contributed by atoms with Gasteiger partial charge in [-0.05, 0) is 13.0 Å². The van der Waals surface area contributed by atoms with Crippen LogP contribution in [0.5, 0.6) is 11.6 Å². The average Bonchev–Trinajstić information content (AvgIpc) is 3.28. The molecule has 0 spiro atoms. The molecule has 1 aliphatic rings. The van der Waals surface area contributed by atoms with E-state index in [0.29, 0.717) is 23.0 Å². The summed E-state index contributed by atoms with van der Waals surface area (Å²) in [6, 6.07) is 3.35. The van der Waals surface area contributed by atoms with Gasteiger partial charge in [0.2, 0.25) is 5.88 Å². The number of carbonyl (C=O) groups is 1. The maximum Gasteiger partial charge on any atom is 0.263 e. The van der Waals surface area contributed by atoms with Crippen LogP contribution in [0.4, 0.5) is 11.5 Å². The number of hydrogen-bond donors (Lipinski definition) is 3. The van der Waals surface area contributed by atoms with Crippen LogP contribution in [-0.2, 0) is 0 Å². The Bertz CT molecular complexity index is 982. The Labute approximate surface area is 154 Å². The number of rotatable bonds is 5. The third-order valence-electron chi connectivity index (χ3n) is 4.27. The summed E-state index contributed by atoms with van der Waals surface area (Å²) in [6.07, 6.45) is 5.69. The second-order valence-corrected chi connectivity index (χ2v) is 6.06. The van der Waals surface area contributed by atoms with E-state index in [-0.39, 0.29) is 17.5 Å². The SMILES string of the molecule is COc1ccncc1NC(=O)c1c(N)nn2ccc(OC3CCNC3)nc12. The number of methoxy groups -OCH3 is 1. The molecule has 0 saturated carbocycles. The Morgan fingerprint density at radius 1 is 1.44 bits per heavy atom. The summed E-state index contributed by atoms with van der Waals surface area (Å²) in [5.74, 6) is 0.520.